The van der Waals surface area contributed by atoms with Crippen LogP contribution in [0.1, 0.15) is 0 Å². The third kappa shape index (κ3) is 2.17. The summed E-state index contributed by atoms with van der Waals surface area (Å²) in [5.41, 5.74) is 1.28. The van der Waals surface area contributed by atoms with E-state index in [1.807, 2.05) is 0 Å². The average molecular weight is 259 g/mol. The van der Waals surface area contributed by atoms with Gasteiger partial charge in [0.2, 0.25) is 5.88 Å². The summed E-state index contributed by atoms with van der Waals surface area (Å²) in [6.45, 7) is 0. The quantitative estimate of drug-likeness (QED) is 0.779. The Balaban J connectivity index is 1.98. The molecule has 0 unspecified atom stereocenters. The van der Waals surface area contributed by atoms with E-state index < -0.39 is 0 Å². The Morgan fingerprint density at radius 1 is 1.11 bits per heavy atom. The van der Waals surface area contributed by atoms with E-state index in [9.17, 15) is 4.39 Å². The molecule has 0 aliphatic carbocycles. The van der Waals surface area contributed by atoms with Gasteiger partial charge in [-0.05, 0) is 30.3 Å². The van der Waals surface area contributed by atoms with Crippen molar-refractivity contribution in [2.75, 3.05) is 12.4 Å². The van der Waals surface area contributed by atoms with Gasteiger partial charge in [-0.15, -0.1) is 15.3 Å². The third-order valence-corrected chi connectivity index (χ3v) is 2.55. The summed E-state index contributed by atoms with van der Waals surface area (Å²) in [6.07, 6.45) is 0. The van der Waals surface area contributed by atoms with Crippen LogP contribution in [0, 0.1) is 5.82 Å². The predicted molar refractivity (Wildman–Crippen MR) is 67.0 cm³/mol. The van der Waals surface area contributed by atoms with E-state index in [2.05, 4.69) is 20.6 Å². The lowest BCUT2D eigenvalue weighted by molar-refractivity contribution is 0.390. The Labute approximate surface area is 107 Å². The van der Waals surface area contributed by atoms with Crippen molar-refractivity contribution in [3.63, 3.8) is 0 Å². The number of hydrogen-bond donors (Lipinski definition) is 1. The summed E-state index contributed by atoms with van der Waals surface area (Å²) < 4.78 is 19.4. The number of fused-ring (bicyclic) bond motifs is 1. The van der Waals surface area contributed by atoms with Gasteiger partial charge in [0.15, 0.2) is 5.65 Å². The molecule has 96 valence electrons. The van der Waals surface area contributed by atoms with Gasteiger partial charge in [0.1, 0.15) is 5.82 Å². The monoisotopic (exact) mass is 259 g/mol. The fraction of sp³-hybridized carbons (Fsp3) is 0.0833. The zero-order valence-corrected chi connectivity index (χ0v) is 10.0. The molecule has 0 bridgehead atoms. The van der Waals surface area contributed by atoms with Crippen molar-refractivity contribution in [2.24, 2.45) is 0 Å². The minimum atomic E-state index is -0.295. The molecular formula is C12H10FN5O. The van der Waals surface area contributed by atoms with E-state index in [-0.39, 0.29) is 5.82 Å². The Kier molecular flexibility index (Phi) is 2.71. The number of nitrogens with zero attached hydrogens (tertiary/aromatic N) is 4. The van der Waals surface area contributed by atoms with Crippen LogP contribution in [0.15, 0.2) is 36.4 Å². The maximum atomic E-state index is 12.8. The second-order valence-corrected chi connectivity index (χ2v) is 3.80. The van der Waals surface area contributed by atoms with Crippen LogP contribution >= 0.6 is 0 Å². The first-order valence-corrected chi connectivity index (χ1v) is 5.55. The van der Waals surface area contributed by atoms with Gasteiger partial charge in [0.25, 0.3) is 5.95 Å². The lowest BCUT2D eigenvalue weighted by Crippen LogP contribution is -2.01. The van der Waals surface area contributed by atoms with Gasteiger partial charge < -0.3 is 10.1 Å². The van der Waals surface area contributed by atoms with Crippen molar-refractivity contribution in [3.8, 4) is 5.88 Å². The summed E-state index contributed by atoms with van der Waals surface area (Å²) in [7, 11) is 1.53. The summed E-state index contributed by atoms with van der Waals surface area (Å²) in [5.74, 6) is 0.589. The smallest absolute Gasteiger partial charge is 0.250 e. The molecule has 0 radical (unpaired) electrons. The summed E-state index contributed by atoms with van der Waals surface area (Å²) in [5, 5.41) is 15.2. The topological polar surface area (TPSA) is 64.3 Å². The van der Waals surface area contributed by atoms with E-state index in [4.69, 9.17) is 4.74 Å². The maximum Gasteiger partial charge on any atom is 0.250 e. The highest BCUT2D eigenvalue weighted by atomic mass is 19.1. The van der Waals surface area contributed by atoms with Gasteiger partial charge >= 0.3 is 0 Å². The van der Waals surface area contributed by atoms with Gasteiger partial charge in [0, 0.05) is 11.8 Å². The van der Waals surface area contributed by atoms with Gasteiger partial charge in [-0.1, -0.05) is 0 Å². The van der Waals surface area contributed by atoms with Gasteiger partial charge in [0.05, 0.1) is 7.11 Å². The molecular weight excluding hydrogens is 249 g/mol. The van der Waals surface area contributed by atoms with Crippen molar-refractivity contribution in [2.45, 2.75) is 0 Å². The van der Waals surface area contributed by atoms with Crippen LogP contribution in [-0.4, -0.2) is 26.9 Å². The minimum absolute atomic E-state index is 0.295. The highest BCUT2D eigenvalue weighted by Gasteiger charge is 2.07. The number of halogens is 1. The fourth-order valence-electron chi connectivity index (χ4n) is 1.62. The average Bonchev–Trinajstić information content (AvgIpc) is 2.84. The Morgan fingerprint density at radius 3 is 2.63 bits per heavy atom. The molecule has 2 heterocycles. The Morgan fingerprint density at radius 2 is 1.89 bits per heavy atom. The molecule has 1 aromatic carbocycles. The van der Waals surface area contributed by atoms with Crippen LogP contribution in [-0.2, 0) is 0 Å². The second-order valence-electron chi connectivity index (χ2n) is 3.80. The van der Waals surface area contributed by atoms with Crippen LogP contribution in [0.5, 0.6) is 5.88 Å². The molecule has 0 saturated heterocycles. The lowest BCUT2D eigenvalue weighted by Gasteiger charge is -2.04. The molecule has 0 spiro atoms. The first-order chi connectivity index (χ1) is 9.26. The third-order valence-electron chi connectivity index (χ3n) is 2.55. The first-order valence-electron chi connectivity index (χ1n) is 5.55. The molecule has 0 aliphatic rings. The standard InChI is InChI=1S/C12H10FN5O/c1-19-11-7-6-10-15-16-12(18(10)17-11)14-9-4-2-8(13)3-5-9/h2-7H,1H3,(H,14,16). The molecule has 19 heavy (non-hydrogen) atoms. The summed E-state index contributed by atoms with van der Waals surface area (Å²) in [6, 6.07) is 9.38. The van der Waals surface area contributed by atoms with Gasteiger partial charge in [-0.25, -0.2) is 4.39 Å². The molecule has 0 amide bonds. The number of ether oxygens (including phenoxy) is 1. The highest BCUT2D eigenvalue weighted by molar-refractivity contribution is 5.56. The Hall–Kier alpha value is -2.70. The van der Waals surface area contributed by atoms with E-state index in [1.165, 1.54) is 23.8 Å². The summed E-state index contributed by atoms with van der Waals surface area (Å²) in [4.78, 5) is 0. The molecule has 6 nitrogen and oxygen atoms in total. The number of hydrogen-bond acceptors (Lipinski definition) is 5. The molecule has 0 atom stereocenters. The van der Waals surface area contributed by atoms with Crippen LogP contribution in [0.25, 0.3) is 5.65 Å². The second kappa shape index (κ2) is 4.52. The van der Waals surface area contributed by atoms with Crippen molar-refractivity contribution >= 4 is 17.3 Å². The van der Waals surface area contributed by atoms with Gasteiger partial charge in [-0.3, -0.25) is 0 Å². The first kappa shape index (κ1) is 11.4. The van der Waals surface area contributed by atoms with E-state index in [1.54, 1.807) is 24.3 Å². The minimum Gasteiger partial charge on any atom is -0.480 e. The Bertz CT molecular complexity index is 710. The highest BCUT2D eigenvalue weighted by Crippen LogP contribution is 2.16. The van der Waals surface area contributed by atoms with Crippen LogP contribution < -0.4 is 10.1 Å². The van der Waals surface area contributed by atoms with Crippen LogP contribution in [0.2, 0.25) is 0 Å². The zero-order valence-electron chi connectivity index (χ0n) is 10.0. The number of methoxy groups -OCH3 is 1. The van der Waals surface area contributed by atoms with Crippen molar-refractivity contribution in [1.29, 1.82) is 0 Å². The van der Waals surface area contributed by atoms with E-state index >= 15 is 0 Å². The molecule has 7 heteroatoms. The van der Waals surface area contributed by atoms with Gasteiger partial charge in [-0.2, -0.15) is 4.52 Å². The number of aromatic nitrogens is 4. The van der Waals surface area contributed by atoms with Crippen molar-refractivity contribution < 1.29 is 9.13 Å². The molecule has 3 rings (SSSR count). The molecule has 0 aliphatic heterocycles. The molecule has 0 fully saturated rings. The maximum absolute atomic E-state index is 12.8. The predicted octanol–water partition coefficient (Wildman–Crippen LogP) is 2.02. The number of nitrogens with one attached hydrogen (secondary N) is 1. The molecule has 2 aromatic heterocycles. The number of rotatable bonds is 3. The van der Waals surface area contributed by atoms with Crippen LogP contribution in [0.3, 0.4) is 0 Å². The normalized spacial score (nSPS) is 10.6. The molecule has 1 N–H and O–H groups in total. The fourth-order valence-corrected chi connectivity index (χ4v) is 1.62. The molecule has 0 saturated carbocycles. The van der Waals surface area contributed by atoms with Crippen molar-refractivity contribution in [1.82, 2.24) is 19.8 Å². The largest absolute Gasteiger partial charge is 0.480 e. The number of benzene rings is 1. The van der Waals surface area contributed by atoms with E-state index in [0.29, 0.717) is 23.2 Å². The van der Waals surface area contributed by atoms with Crippen LogP contribution in [0.4, 0.5) is 16.0 Å². The number of anilines is 2. The van der Waals surface area contributed by atoms with E-state index in [0.717, 1.165) is 0 Å². The zero-order chi connectivity index (χ0) is 13.2. The SMILES string of the molecule is COc1ccc2nnc(Nc3ccc(F)cc3)n2n1. The van der Waals surface area contributed by atoms with Crippen molar-refractivity contribution in [3.05, 3.63) is 42.2 Å². The lowest BCUT2D eigenvalue weighted by atomic mass is 10.3. The summed E-state index contributed by atoms with van der Waals surface area (Å²) >= 11 is 0. The molecule has 3 aromatic rings.